The normalized spacial score (nSPS) is 10.6. The maximum absolute atomic E-state index is 11.8. The Balaban J connectivity index is 2.76. The maximum Gasteiger partial charge on any atom is 0.229 e. The van der Waals surface area contributed by atoms with Crippen LogP contribution in [0.2, 0.25) is 0 Å². The number of amides is 1. The molecule has 0 radical (unpaired) electrons. The number of carbonyl (C=O) groups excluding carboxylic acids is 1. The summed E-state index contributed by atoms with van der Waals surface area (Å²) in [4.78, 5) is 20.2. The van der Waals surface area contributed by atoms with E-state index in [0.29, 0.717) is 5.95 Å². The molecule has 0 aliphatic rings. The second kappa shape index (κ2) is 5.58. The zero-order valence-electron chi connectivity index (χ0n) is 10.4. The molecule has 1 rings (SSSR count). The van der Waals surface area contributed by atoms with E-state index in [1.165, 1.54) is 0 Å². The van der Waals surface area contributed by atoms with Gasteiger partial charge in [0, 0.05) is 17.3 Å². The highest BCUT2D eigenvalue weighted by Gasteiger charge is 2.15. The van der Waals surface area contributed by atoms with E-state index in [4.69, 9.17) is 0 Å². The summed E-state index contributed by atoms with van der Waals surface area (Å²) in [5.41, 5.74) is 1.74. The zero-order chi connectivity index (χ0) is 12.1. The SMILES string of the molecule is CCC(CC)C(=O)Nc1nc(C)cc(C)n1. The molecule has 4 heteroatoms. The Morgan fingerprint density at radius 1 is 1.25 bits per heavy atom. The molecule has 16 heavy (non-hydrogen) atoms. The van der Waals surface area contributed by atoms with Crippen LogP contribution in [0, 0.1) is 19.8 Å². The van der Waals surface area contributed by atoms with Crippen LogP contribution in [0.15, 0.2) is 6.07 Å². The number of aromatic nitrogens is 2. The van der Waals surface area contributed by atoms with Gasteiger partial charge in [0.2, 0.25) is 11.9 Å². The molecule has 0 aromatic carbocycles. The lowest BCUT2D eigenvalue weighted by Gasteiger charge is -2.12. The number of hydrogen-bond acceptors (Lipinski definition) is 3. The van der Waals surface area contributed by atoms with Crippen molar-refractivity contribution in [3.8, 4) is 0 Å². The molecule has 1 aromatic rings. The second-order valence-corrected chi connectivity index (χ2v) is 3.98. The maximum atomic E-state index is 11.8. The first-order valence-corrected chi connectivity index (χ1v) is 5.70. The highest BCUT2D eigenvalue weighted by atomic mass is 16.2. The molecule has 1 heterocycles. The van der Waals surface area contributed by atoms with Crippen LogP contribution in [0.4, 0.5) is 5.95 Å². The molecule has 0 fully saturated rings. The van der Waals surface area contributed by atoms with Crippen molar-refractivity contribution in [3.63, 3.8) is 0 Å². The van der Waals surface area contributed by atoms with Gasteiger partial charge in [0.25, 0.3) is 0 Å². The van der Waals surface area contributed by atoms with E-state index in [9.17, 15) is 4.79 Å². The summed E-state index contributed by atoms with van der Waals surface area (Å²) in [6.07, 6.45) is 1.68. The number of anilines is 1. The monoisotopic (exact) mass is 221 g/mol. The molecule has 0 spiro atoms. The fourth-order valence-corrected chi connectivity index (χ4v) is 1.65. The van der Waals surface area contributed by atoms with Crippen LogP contribution in [0.3, 0.4) is 0 Å². The van der Waals surface area contributed by atoms with Crippen LogP contribution < -0.4 is 5.32 Å². The second-order valence-electron chi connectivity index (χ2n) is 3.98. The van der Waals surface area contributed by atoms with Gasteiger partial charge in [-0.25, -0.2) is 9.97 Å². The largest absolute Gasteiger partial charge is 0.294 e. The third-order valence-electron chi connectivity index (χ3n) is 2.57. The molecule has 1 amide bonds. The van der Waals surface area contributed by atoms with Crippen molar-refractivity contribution in [2.75, 3.05) is 5.32 Å². The van der Waals surface area contributed by atoms with Crippen LogP contribution in [0.5, 0.6) is 0 Å². The van der Waals surface area contributed by atoms with E-state index >= 15 is 0 Å². The minimum atomic E-state index is 0.00926. The molecule has 0 saturated carbocycles. The Kier molecular flexibility index (Phi) is 4.40. The fourth-order valence-electron chi connectivity index (χ4n) is 1.65. The van der Waals surface area contributed by atoms with Gasteiger partial charge < -0.3 is 0 Å². The van der Waals surface area contributed by atoms with Gasteiger partial charge in [0.1, 0.15) is 0 Å². The Bertz CT molecular complexity index is 352. The van der Waals surface area contributed by atoms with Crippen molar-refractivity contribution in [1.82, 2.24) is 9.97 Å². The summed E-state index contributed by atoms with van der Waals surface area (Å²) < 4.78 is 0. The predicted molar refractivity (Wildman–Crippen MR) is 64.2 cm³/mol. The average Bonchev–Trinajstić information content (AvgIpc) is 2.17. The van der Waals surface area contributed by atoms with Gasteiger partial charge in [0.15, 0.2) is 0 Å². The van der Waals surface area contributed by atoms with E-state index in [0.717, 1.165) is 24.2 Å². The molecule has 88 valence electrons. The number of nitrogens with one attached hydrogen (secondary N) is 1. The summed E-state index contributed by atoms with van der Waals surface area (Å²) in [7, 11) is 0. The highest BCUT2D eigenvalue weighted by Crippen LogP contribution is 2.11. The Morgan fingerprint density at radius 3 is 2.19 bits per heavy atom. The standard InChI is InChI=1S/C12H19N3O/c1-5-10(6-2)11(16)15-12-13-8(3)7-9(4)14-12/h7,10H,5-6H2,1-4H3,(H,13,14,15,16). The minimum Gasteiger partial charge on any atom is -0.294 e. The van der Waals surface area contributed by atoms with Gasteiger partial charge in [-0.2, -0.15) is 0 Å². The van der Waals surface area contributed by atoms with E-state index in [-0.39, 0.29) is 11.8 Å². The lowest BCUT2D eigenvalue weighted by atomic mass is 10.0. The summed E-state index contributed by atoms with van der Waals surface area (Å²) >= 11 is 0. The molecule has 0 saturated heterocycles. The van der Waals surface area contributed by atoms with Crippen molar-refractivity contribution < 1.29 is 4.79 Å². The number of nitrogens with zero attached hydrogens (tertiary/aromatic N) is 2. The molecule has 0 aliphatic carbocycles. The number of carbonyl (C=O) groups is 1. The zero-order valence-corrected chi connectivity index (χ0v) is 10.4. The van der Waals surface area contributed by atoms with E-state index in [1.54, 1.807) is 0 Å². The Morgan fingerprint density at radius 2 is 1.75 bits per heavy atom. The van der Waals surface area contributed by atoms with Gasteiger partial charge >= 0.3 is 0 Å². The van der Waals surface area contributed by atoms with Gasteiger partial charge in [-0.05, 0) is 32.8 Å². The molecule has 0 aliphatic heterocycles. The number of hydrogen-bond donors (Lipinski definition) is 1. The smallest absolute Gasteiger partial charge is 0.229 e. The summed E-state index contributed by atoms with van der Waals surface area (Å²) in [6.45, 7) is 7.80. The first-order chi connectivity index (χ1) is 7.56. The highest BCUT2D eigenvalue weighted by molar-refractivity contribution is 5.90. The summed E-state index contributed by atoms with van der Waals surface area (Å²) in [5, 5.41) is 2.76. The van der Waals surface area contributed by atoms with Crippen molar-refractivity contribution in [1.29, 1.82) is 0 Å². The van der Waals surface area contributed by atoms with Gasteiger partial charge in [0.05, 0.1) is 0 Å². The van der Waals surface area contributed by atoms with Crippen LogP contribution >= 0.6 is 0 Å². The van der Waals surface area contributed by atoms with E-state index in [1.807, 2.05) is 33.8 Å². The molecule has 4 nitrogen and oxygen atoms in total. The van der Waals surface area contributed by atoms with E-state index in [2.05, 4.69) is 15.3 Å². The van der Waals surface area contributed by atoms with Crippen molar-refractivity contribution >= 4 is 11.9 Å². The summed E-state index contributed by atoms with van der Waals surface area (Å²) in [6, 6.07) is 1.88. The predicted octanol–water partition coefficient (Wildman–Crippen LogP) is 2.47. The Hall–Kier alpha value is -1.45. The van der Waals surface area contributed by atoms with Gasteiger partial charge in [-0.15, -0.1) is 0 Å². The average molecular weight is 221 g/mol. The van der Waals surface area contributed by atoms with E-state index < -0.39 is 0 Å². The lowest BCUT2D eigenvalue weighted by Crippen LogP contribution is -2.23. The van der Waals surface area contributed by atoms with Crippen molar-refractivity contribution in [3.05, 3.63) is 17.5 Å². The number of rotatable bonds is 4. The lowest BCUT2D eigenvalue weighted by molar-refractivity contribution is -0.120. The first kappa shape index (κ1) is 12.6. The molecule has 1 aromatic heterocycles. The van der Waals surface area contributed by atoms with Crippen LogP contribution in [0.1, 0.15) is 38.1 Å². The fraction of sp³-hybridized carbons (Fsp3) is 0.583. The topological polar surface area (TPSA) is 54.9 Å². The third-order valence-corrected chi connectivity index (χ3v) is 2.57. The summed E-state index contributed by atoms with van der Waals surface area (Å²) in [5.74, 6) is 0.466. The molecular weight excluding hydrogens is 202 g/mol. The Labute approximate surface area is 96.5 Å². The molecule has 1 N–H and O–H groups in total. The first-order valence-electron chi connectivity index (χ1n) is 5.70. The quantitative estimate of drug-likeness (QED) is 0.849. The van der Waals surface area contributed by atoms with Gasteiger partial charge in [-0.3, -0.25) is 10.1 Å². The third kappa shape index (κ3) is 3.29. The molecule has 0 bridgehead atoms. The van der Waals surface area contributed by atoms with Gasteiger partial charge in [-0.1, -0.05) is 13.8 Å². The van der Waals surface area contributed by atoms with Crippen molar-refractivity contribution in [2.45, 2.75) is 40.5 Å². The molecule has 0 unspecified atom stereocenters. The van der Waals surface area contributed by atoms with Crippen LogP contribution in [0.25, 0.3) is 0 Å². The minimum absolute atomic E-state index is 0.00926. The molecule has 0 atom stereocenters. The molecular formula is C12H19N3O. The van der Waals surface area contributed by atoms with Crippen LogP contribution in [-0.4, -0.2) is 15.9 Å². The number of aryl methyl sites for hydroxylation is 2. The van der Waals surface area contributed by atoms with Crippen LogP contribution in [-0.2, 0) is 4.79 Å². The van der Waals surface area contributed by atoms with Crippen molar-refractivity contribution in [2.24, 2.45) is 5.92 Å².